The molecular weight excluding hydrogens is 432 g/mol. The molecule has 0 saturated heterocycles. The summed E-state index contributed by atoms with van der Waals surface area (Å²) in [6.45, 7) is 5.25. The number of hydrogen-bond donors (Lipinski definition) is 0. The van der Waals surface area contributed by atoms with Crippen LogP contribution in [0.2, 0.25) is 0 Å². The lowest BCUT2D eigenvalue weighted by molar-refractivity contribution is 1.62. The van der Waals surface area contributed by atoms with Gasteiger partial charge in [0.05, 0.1) is 0 Å². The van der Waals surface area contributed by atoms with Gasteiger partial charge in [0.15, 0.2) is 0 Å². The number of hydrogen-bond acceptors (Lipinski definition) is 0. The Kier molecular flexibility index (Phi) is 5.58. The summed E-state index contributed by atoms with van der Waals surface area (Å²) in [7, 11) is 0. The lowest BCUT2D eigenvalue weighted by atomic mass is 9.89. The van der Waals surface area contributed by atoms with Gasteiger partial charge in [0.2, 0.25) is 0 Å². The highest BCUT2D eigenvalue weighted by Gasteiger charge is 2.13. The molecule has 0 unspecified atom stereocenters. The van der Waals surface area contributed by atoms with Crippen molar-refractivity contribution in [3.8, 4) is 22.3 Å². The third kappa shape index (κ3) is 3.95. The number of fused-ring (bicyclic) bond motifs is 4. The molecule has 170 valence electrons. The van der Waals surface area contributed by atoms with Crippen LogP contribution in [0.5, 0.6) is 0 Å². The summed E-state index contributed by atoms with van der Waals surface area (Å²) in [5.74, 6) is 0. The molecule has 36 heavy (non-hydrogen) atoms. The lowest BCUT2D eigenvalue weighted by Gasteiger charge is -2.15. The van der Waals surface area contributed by atoms with Crippen LogP contribution in [0.1, 0.15) is 18.1 Å². The summed E-state index contributed by atoms with van der Waals surface area (Å²) < 4.78 is 0. The number of benzene rings is 6. The molecule has 0 aliphatic heterocycles. The molecule has 0 heterocycles. The van der Waals surface area contributed by atoms with E-state index < -0.39 is 0 Å². The van der Waals surface area contributed by atoms with Crippen molar-refractivity contribution in [1.29, 1.82) is 0 Å². The van der Waals surface area contributed by atoms with Gasteiger partial charge in [0.1, 0.15) is 0 Å². The van der Waals surface area contributed by atoms with Crippen molar-refractivity contribution in [3.63, 3.8) is 0 Å². The molecule has 0 N–H and O–H groups in total. The highest BCUT2D eigenvalue weighted by molar-refractivity contribution is 6.01. The van der Waals surface area contributed by atoms with Gasteiger partial charge >= 0.3 is 0 Å². The van der Waals surface area contributed by atoms with Crippen molar-refractivity contribution in [1.82, 2.24) is 0 Å². The van der Waals surface area contributed by atoms with E-state index in [-0.39, 0.29) is 0 Å². The van der Waals surface area contributed by atoms with E-state index >= 15 is 0 Å². The average Bonchev–Trinajstić information content (AvgIpc) is 3.38. The number of allylic oxidation sites excluding steroid dienone is 1. The van der Waals surface area contributed by atoms with E-state index in [2.05, 4.69) is 134 Å². The molecule has 0 atom stereocenters. The number of rotatable bonds is 2. The maximum absolute atomic E-state index is 3.36. The SMILES string of the molecule is C1=Cc2cc3cc(-c4ccc5ccccc5c4)c(-c4ccc5ccccc5c4)cc3cc2C=1.C=CC. The Balaban J connectivity index is 0.000000765. The van der Waals surface area contributed by atoms with Gasteiger partial charge in [-0.2, -0.15) is 0 Å². The molecule has 7 rings (SSSR count). The Morgan fingerprint density at radius 3 is 1.36 bits per heavy atom. The fourth-order valence-electron chi connectivity index (χ4n) is 5.05. The van der Waals surface area contributed by atoms with Crippen LogP contribution in [0.4, 0.5) is 0 Å². The standard InChI is InChI=1S/C33H20.C3H6/c1-3-8-24-16-28(14-12-22(24)6-1)32-20-30-18-26-10-5-11-27(26)19-31(30)21-33(32)29-15-13-23-7-2-4-9-25(23)17-29;1-3-2/h1-4,6-21H;3H,1H2,2H3. The molecule has 0 aromatic heterocycles. The molecule has 0 spiro atoms. The van der Waals surface area contributed by atoms with Crippen molar-refractivity contribution in [2.45, 2.75) is 6.92 Å². The minimum atomic E-state index is 1.24. The van der Waals surface area contributed by atoms with Crippen LogP contribution in [0.3, 0.4) is 0 Å². The zero-order valence-corrected chi connectivity index (χ0v) is 20.3. The third-order valence-electron chi connectivity index (χ3n) is 6.78. The normalized spacial score (nSPS) is 11.5. The Labute approximate surface area is 212 Å². The maximum atomic E-state index is 3.36. The molecule has 6 aromatic carbocycles. The van der Waals surface area contributed by atoms with Crippen LogP contribution >= 0.6 is 0 Å². The van der Waals surface area contributed by atoms with E-state index in [9.17, 15) is 0 Å². The van der Waals surface area contributed by atoms with E-state index in [4.69, 9.17) is 0 Å². The molecule has 0 nitrogen and oxygen atoms in total. The van der Waals surface area contributed by atoms with E-state index in [1.165, 1.54) is 65.7 Å². The van der Waals surface area contributed by atoms with Crippen molar-refractivity contribution in [2.75, 3.05) is 0 Å². The predicted octanol–water partition coefficient (Wildman–Crippen LogP) is 10.3. The first-order valence-corrected chi connectivity index (χ1v) is 12.3. The molecule has 1 aliphatic rings. The lowest BCUT2D eigenvalue weighted by Crippen LogP contribution is -1.89. The van der Waals surface area contributed by atoms with E-state index in [1.807, 2.05) is 6.92 Å². The second kappa shape index (κ2) is 9.19. The van der Waals surface area contributed by atoms with Gasteiger partial charge in [0.25, 0.3) is 0 Å². The molecule has 0 amide bonds. The fourth-order valence-corrected chi connectivity index (χ4v) is 5.05. The van der Waals surface area contributed by atoms with Crippen molar-refractivity contribution < 1.29 is 0 Å². The fraction of sp³-hybridized carbons (Fsp3) is 0.0278. The zero-order chi connectivity index (χ0) is 24.5. The van der Waals surface area contributed by atoms with Crippen LogP contribution in [0.25, 0.3) is 66.7 Å². The Morgan fingerprint density at radius 1 is 0.500 bits per heavy atom. The minimum Gasteiger partial charge on any atom is -0.120 e. The van der Waals surface area contributed by atoms with Crippen LogP contribution < -0.4 is 0 Å². The summed E-state index contributed by atoms with van der Waals surface area (Å²) in [6, 6.07) is 40.0. The molecule has 1 aliphatic carbocycles. The quantitative estimate of drug-likeness (QED) is 0.178. The van der Waals surface area contributed by atoms with Gasteiger partial charge in [-0.3, -0.25) is 0 Å². The van der Waals surface area contributed by atoms with Gasteiger partial charge in [0, 0.05) is 0 Å². The van der Waals surface area contributed by atoms with Crippen molar-refractivity contribution in [3.05, 3.63) is 139 Å². The van der Waals surface area contributed by atoms with Crippen LogP contribution in [0.15, 0.2) is 128 Å². The van der Waals surface area contributed by atoms with Crippen LogP contribution in [-0.4, -0.2) is 0 Å². The smallest absolute Gasteiger partial charge is 0.00942 e. The third-order valence-corrected chi connectivity index (χ3v) is 6.78. The van der Waals surface area contributed by atoms with E-state index in [0.717, 1.165) is 0 Å². The summed E-state index contributed by atoms with van der Waals surface area (Å²) in [4.78, 5) is 0. The first kappa shape index (κ1) is 21.9. The second-order valence-electron chi connectivity index (χ2n) is 9.21. The Bertz CT molecular complexity index is 1710. The highest BCUT2D eigenvalue weighted by atomic mass is 14.2. The largest absolute Gasteiger partial charge is 0.120 e. The van der Waals surface area contributed by atoms with E-state index in [1.54, 1.807) is 6.08 Å². The van der Waals surface area contributed by atoms with Gasteiger partial charge in [-0.1, -0.05) is 78.9 Å². The first-order valence-electron chi connectivity index (χ1n) is 12.3. The maximum Gasteiger partial charge on any atom is -0.00942 e. The van der Waals surface area contributed by atoms with Gasteiger partial charge in [-0.25, -0.2) is 0 Å². The molecular formula is C36H26. The first-order chi connectivity index (χ1) is 17.7. The summed E-state index contributed by atoms with van der Waals surface area (Å²) in [5, 5.41) is 7.58. The van der Waals surface area contributed by atoms with Crippen molar-refractivity contribution >= 4 is 44.5 Å². The molecule has 0 saturated carbocycles. The van der Waals surface area contributed by atoms with Gasteiger partial charge < -0.3 is 0 Å². The monoisotopic (exact) mass is 458 g/mol. The zero-order valence-electron chi connectivity index (χ0n) is 20.3. The van der Waals surface area contributed by atoms with E-state index in [0.29, 0.717) is 0 Å². The molecule has 0 fully saturated rings. The Hall–Kier alpha value is -4.64. The molecule has 0 bridgehead atoms. The van der Waals surface area contributed by atoms with Gasteiger partial charge in [-0.15, -0.1) is 12.3 Å². The second-order valence-corrected chi connectivity index (χ2v) is 9.21. The Morgan fingerprint density at radius 2 is 0.917 bits per heavy atom. The van der Waals surface area contributed by atoms with Crippen LogP contribution in [-0.2, 0) is 0 Å². The van der Waals surface area contributed by atoms with Gasteiger partial charge in [-0.05, 0) is 121 Å². The summed E-state index contributed by atoms with van der Waals surface area (Å²) >= 11 is 0. The average molecular weight is 459 g/mol. The minimum absolute atomic E-state index is 1.24. The molecule has 6 aromatic rings. The van der Waals surface area contributed by atoms with Crippen molar-refractivity contribution in [2.24, 2.45) is 0 Å². The highest BCUT2D eigenvalue weighted by Crippen LogP contribution is 2.39. The molecule has 0 heteroatoms. The topological polar surface area (TPSA) is 0 Å². The summed E-state index contributed by atoms with van der Waals surface area (Å²) in [5.41, 5.74) is 10.7. The predicted molar refractivity (Wildman–Crippen MR) is 158 cm³/mol. The molecule has 0 radical (unpaired) electrons. The summed E-state index contributed by atoms with van der Waals surface area (Å²) in [6.07, 6.45) is 5.89. The van der Waals surface area contributed by atoms with Crippen LogP contribution in [0, 0.1) is 0 Å².